The van der Waals surface area contributed by atoms with Crippen LogP contribution < -0.4 is 0 Å². The summed E-state index contributed by atoms with van der Waals surface area (Å²) in [5, 5.41) is 8.65. The van der Waals surface area contributed by atoms with Crippen LogP contribution in [0.3, 0.4) is 0 Å². The minimum Gasteiger partial charge on any atom is -0.342 e. The van der Waals surface area contributed by atoms with E-state index in [1.165, 1.54) is 0 Å². The van der Waals surface area contributed by atoms with E-state index in [0.717, 1.165) is 13.1 Å². The summed E-state index contributed by atoms with van der Waals surface area (Å²) in [7, 11) is 0. The molecule has 1 amide bonds. The molecule has 0 aromatic carbocycles. The largest absolute Gasteiger partial charge is 0.342 e. The van der Waals surface area contributed by atoms with E-state index in [9.17, 15) is 4.79 Å². The number of carbonyl (C=O) groups excluding carboxylic acids is 1. The number of rotatable bonds is 7. The molecule has 0 fully saturated rings. The molecule has 0 heterocycles. The molecule has 0 saturated carbocycles. The van der Waals surface area contributed by atoms with Crippen LogP contribution >= 0.6 is 0 Å². The van der Waals surface area contributed by atoms with Crippen molar-refractivity contribution in [2.45, 2.75) is 53.1 Å². The van der Waals surface area contributed by atoms with Crippen molar-refractivity contribution in [1.82, 2.24) is 9.80 Å². The van der Waals surface area contributed by atoms with Gasteiger partial charge in [0, 0.05) is 32.1 Å². The van der Waals surface area contributed by atoms with Crippen LogP contribution in [0.1, 0.15) is 41.0 Å². The van der Waals surface area contributed by atoms with Gasteiger partial charge in [-0.1, -0.05) is 0 Å². The Morgan fingerprint density at radius 1 is 1.24 bits per heavy atom. The normalized spacial score (nSPS) is 12.6. The van der Waals surface area contributed by atoms with E-state index < -0.39 is 0 Å². The summed E-state index contributed by atoms with van der Waals surface area (Å²) in [6, 6.07) is 2.26. The summed E-state index contributed by atoms with van der Waals surface area (Å²) in [6.45, 7) is 12.2. The molecule has 1 atom stereocenters. The average Bonchev–Trinajstić information content (AvgIpc) is 2.30. The molecule has 0 aliphatic rings. The van der Waals surface area contributed by atoms with Crippen molar-refractivity contribution in [2.24, 2.45) is 0 Å². The fourth-order valence-corrected chi connectivity index (χ4v) is 2.02. The molecule has 0 bridgehead atoms. The highest BCUT2D eigenvalue weighted by atomic mass is 16.2. The van der Waals surface area contributed by atoms with Gasteiger partial charge >= 0.3 is 0 Å². The smallest absolute Gasteiger partial charge is 0.239 e. The van der Waals surface area contributed by atoms with E-state index in [-0.39, 0.29) is 18.0 Å². The van der Waals surface area contributed by atoms with Gasteiger partial charge in [-0.15, -0.1) is 0 Å². The van der Waals surface area contributed by atoms with Crippen molar-refractivity contribution in [2.75, 3.05) is 19.6 Å². The van der Waals surface area contributed by atoms with Gasteiger partial charge < -0.3 is 4.90 Å². The third kappa shape index (κ3) is 4.74. The summed E-state index contributed by atoms with van der Waals surface area (Å²) in [4.78, 5) is 16.1. The number of amides is 1. The van der Waals surface area contributed by atoms with Gasteiger partial charge in [0.2, 0.25) is 5.91 Å². The Morgan fingerprint density at radius 3 is 2.12 bits per heavy atom. The van der Waals surface area contributed by atoms with Gasteiger partial charge in [-0.05, 0) is 34.6 Å². The second-order valence-electron chi connectivity index (χ2n) is 4.43. The lowest BCUT2D eigenvalue weighted by atomic mass is 10.1. The second kappa shape index (κ2) is 8.08. The zero-order valence-corrected chi connectivity index (χ0v) is 11.7. The van der Waals surface area contributed by atoms with E-state index in [1.54, 1.807) is 0 Å². The van der Waals surface area contributed by atoms with Crippen molar-refractivity contribution >= 4 is 5.91 Å². The lowest BCUT2D eigenvalue weighted by Gasteiger charge is -2.34. The first-order valence-electron chi connectivity index (χ1n) is 6.40. The highest BCUT2D eigenvalue weighted by Gasteiger charge is 2.25. The maximum absolute atomic E-state index is 12.2. The summed E-state index contributed by atoms with van der Waals surface area (Å²) >= 11 is 0. The van der Waals surface area contributed by atoms with Crippen LogP contribution in [0.25, 0.3) is 0 Å². The molecule has 0 aromatic rings. The molecular weight excluding hydrogens is 214 g/mol. The highest BCUT2D eigenvalue weighted by Crippen LogP contribution is 2.09. The van der Waals surface area contributed by atoms with Gasteiger partial charge in [0.1, 0.15) is 0 Å². The van der Waals surface area contributed by atoms with E-state index in [1.807, 2.05) is 25.7 Å². The molecule has 4 nitrogen and oxygen atoms in total. The maximum atomic E-state index is 12.2. The van der Waals surface area contributed by atoms with E-state index in [4.69, 9.17) is 5.26 Å². The van der Waals surface area contributed by atoms with Crippen molar-refractivity contribution in [3.63, 3.8) is 0 Å². The van der Waals surface area contributed by atoms with Gasteiger partial charge in [-0.3, -0.25) is 9.69 Å². The summed E-state index contributed by atoms with van der Waals surface area (Å²) in [5.74, 6) is 0.154. The van der Waals surface area contributed by atoms with E-state index >= 15 is 0 Å². The fraction of sp³-hybridized carbons (Fsp3) is 0.846. The standard InChI is InChI=1S/C13H25N3O/c1-6-15(7-2)13(17)12(5)16(11(3)4)10-8-9-14/h11-12H,6-8,10H2,1-5H3. The Kier molecular flexibility index (Phi) is 7.56. The lowest BCUT2D eigenvalue weighted by Crippen LogP contribution is -2.49. The molecule has 0 N–H and O–H groups in total. The monoisotopic (exact) mass is 239 g/mol. The number of hydrogen-bond acceptors (Lipinski definition) is 3. The van der Waals surface area contributed by atoms with Crippen LogP contribution in [-0.2, 0) is 4.79 Å². The molecule has 98 valence electrons. The van der Waals surface area contributed by atoms with Crippen molar-refractivity contribution in [3.05, 3.63) is 0 Å². The Hall–Kier alpha value is -1.08. The second-order valence-corrected chi connectivity index (χ2v) is 4.43. The van der Waals surface area contributed by atoms with Crippen LogP contribution in [0.15, 0.2) is 0 Å². The first-order chi connectivity index (χ1) is 7.99. The molecule has 0 radical (unpaired) electrons. The zero-order chi connectivity index (χ0) is 13.4. The molecule has 0 spiro atoms. The van der Waals surface area contributed by atoms with E-state index in [0.29, 0.717) is 13.0 Å². The SMILES string of the molecule is CCN(CC)C(=O)C(C)N(CCC#N)C(C)C. The Balaban J connectivity index is 4.65. The first-order valence-corrected chi connectivity index (χ1v) is 6.40. The Morgan fingerprint density at radius 2 is 1.76 bits per heavy atom. The molecule has 0 aromatic heterocycles. The topological polar surface area (TPSA) is 47.3 Å². The third-order valence-corrected chi connectivity index (χ3v) is 3.08. The van der Waals surface area contributed by atoms with Crippen LogP contribution in [0.4, 0.5) is 0 Å². The van der Waals surface area contributed by atoms with Gasteiger partial charge in [-0.2, -0.15) is 5.26 Å². The van der Waals surface area contributed by atoms with Gasteiger partial charge in [0.25, 0.3) is 0 Å². The summed E-state index contributed by atoms with van der Waals surface area (Å²) in [6.07, 6.45) is 0.466. The molecular formula is C13H25N3O. The molecule has 0 rings (SSSR count). The zero-order valence-electron chi connectivity index (χ0n) is 11.7. The number of hydrogen-bond donors (Lipinski definition) is 0. The summed E-state index contributed by atoms with van der Waals surface area (Å²) < 4.78 is 0. The van der Waals surface area contributed by atoms with Crippen molar-refractivity contribution in [3.8, 4) is 6.07 Å². The quantitative estimate of drug-likeness (QED) is 0.681. The molecule has 0 saturated heterocycles. The summed E-state index contributed by atoms with van der Waals surface area (Å²) in [5.41, 5.74) is 0. The Labute approximate surface area is 105 Å². The van der Waals surface area contributed by atoms with Crippen LogP contribution in [0, 0.1) is 11.3 Å². The van der Waals surface area contributed by atoms with Crippen molar-refractivity contribution < 1.29 is 4.79 Å². The highest BCUT2D eigenvalue weighted by molar-refractivity contribution is 5.81. The number of nitrogens with zero attached hydrogens (tertiary/aromatic N) is 3. The Bertz CT molecular complexity index is 266. The minimum absolute atomic E-state index is 0.150. The van der Waals surface area contributed by atoms with Gasteiger partial charge in [-0.25, -0.2) is 0 Å². The molecule has 17 heavy (non-hydrogen) atoms. The van der Waals surface area contributed by atoms with Crippen LogP contribution in [-0.4, -0.2) is 47.4 Å². The molecule has 0 aliphatic heterocycles. The minimum atomic E-state index is -0.150. The van der Waals surface area contributed by atoms with Crippen molar-refractivity contribution in [1.29, 1.82) is 5.26 Å². The first kappa shape index (κ1) is 15.9. The molecule has 4 heteroatoms. The number of carbonyl (C=O) groups is 1. The maximum Gasteiger partial charge on any atom is 0.239 e. The third-order valence-electron chi connectivity index (χ3n) is 3.08. The van der Waals surface area contributed by atoms with Gasteiger partial charge in [0.15, 0.2) is 0 Å². The van der Waals surface area contributed by atoms with Crippen LogP contribution in [0.2, 0.25) is 0 Å². The molecule has 1 unspecified atom stereocenters. The number of nitriles is 1. The fourth-order valence-electron chi connectivity index (χ4n) is 2.02. The molecule has 0 aliphatic carbocycles. The van der Waals surface area contributed by atoms with Crippen LogP contribution in [0.5, 0.6) is 0 Å². The van der Waals surface area contributed by atoms with Gasteiger partial charge in [0.05, 0.1) is 12.1 Å². The predicted octanol–water partition coefficient (Wildman–Crippen LogP) is 1.87. The predicted molar refractivity (Wildman–Crippen MR) is 69.5 cm³/mol. The van der Waals surface area contributed by atoms with E-state index in [2.05, 4.69) is 24.8 Å². The lowest BCUT2D eigenvalue weighted by molar-refractivity contribution is -0.136. The average molecular weight is 239 g/mol. The number of likely N-dealkylation sites (N-methyl/N-ethyl adjacent to an activating group) is 1.